The Balaban J connectivity index is 1.19. The summed E-state index contributed by atoms with van der Waals surface area (Å²) in [5.41, 5.74) is 11.7. The van der Waals surface area contributed by atoms with Gasteiger partial charge < -0.3 is 19.1 Å². The van der Waals surface area contributed by atoms with Gasteiger partial charge in [-0.05, 0) is 109 Å². The molecular weight excluding hydrogens is 671 g/mol. The second-order valence-corrected chi connectivity index (χ2v) is 14.2. The Morgan fingerprint density at radius 1 is 0.870 bits per heavy atom. The van der Waals surface area contributed by atoms with E-state index in [1.165, 1.54) is 22.4 Å². The van der Waals surface area contributed by atoms with E-state index in [4.69, 9.17) is 19.2 Å². The van der Waals surface area contributed by atoms with Crippen LogP contribution in [0.2, 0.25) is 0 Å². The van der Waals surface area contributed by atoms with Crippen LogP contribution in [0.25, 0.3) is 28.5 Å². The zero-order valence-electron chi connectivity index (χ0n) is 32.7. The Kier molecular flexibility index (Phi) is 12.5. The summed E-state index contributed by atoms with van der Waals surface area (Å²) in [6.45, 7) is 13.6. The smallest absolute Gasteiger partial charge is 0.167 e. The van der Waals surface area contributed by atoms with E-state index in [0.717, 1.165) is 85.4 Å². The molecule has 54 heavy (non-hydrogen) atoms. The highest BCUT2D eigenvalue weighted by Crippen LogP contribution is 2.37. The van der Waals surface area contributed by atoms with Gasteiger partial charge in [0.15, 0.2) is 17.3 Å². The molecular formula is C47H53N3O4. The zero-order valence-corrected chi connectivity index (χ0v) is 32.7. The van der Waals surface area contributed by atoms with E-state index in [0.29, 0.717) is 28.9 Å². The molecule has 280 valence electrons. The van der Waals surface area contributed by atoms with Crippen LogP contribution >= 0.6 is 0 Å². The number of aryl methyl sites for hydroxylation is 2. The molecule has 0 saturated carbocycles. The van der Waals surface area contributed by atoms with Crippen LogP contribution in [-0.2, 0) is 19.5 Å². The van der Waals surface area contributed by atoms with Gasteiger partial charge in [-0.3, -0.25) is 14.7 Å². The maximum Gasteiger partial charge on any atom is 0.167 e. The average Bonchev–Trinajstić information content (AvgIpc) is 3.20. The molecule has 2 heterocycles. The van der Waals surface area contributed by atoms with Gasteiger partial charge in [0.25, 0.3) is 0 Å². The van der Waals surface area contributed by atoms with Crippen LogP contribution in [0.3, 0.4) is 0 Å². The van der Waals surface area contributed by atoms with Gasteiger partial charge in [0.2, 0.25) is 0 Å². The fraction of sp³-hybridized carbons (Fsp3) is 0.319. The van der Waals surface area contributed by atoms with Crippen LogP contribution in [0.4, 0.5) is 5.69 Å². The van der Waals surface area contributed by atoms with Gasteiger partial charge in [0.05, 0.1) is 32.6 Å². The van der Waals surface area contributed by atoms with Crippen molar-refractivity contribution in [3.05, 3.63) is 131 Å². The van der Waals surface area contributed by atoms with Crippen molar-refractivity contribution in [1.82, 2.24) is 9.88 Å². The average molecular weight is 724 g/mol. The molecule has 0 aliphatic carbocycles. The molecule has 0 amide bonds. The summed E-state index contributed by atoms with van der Waals surface area (Å²) >= 11 is 0. The van der Waals surface area contributed by atoms with Gasteiger partial charge in [-0.15, -0.1) is 0 Å². The monoisotopic (exact) mass is 723 g/mol. The van der Waals surface area contributed by atoms with Crippen LogP contribution in [0.15, 0.2) is 97.7 Å². The zero-order chi connectivity index (χ0) is 38.2. The first kappa shape index (κ1) is 38.3. The maximum absolute atomic E-state index is 12.5. The number of hydrogen-bond donors (Lipinski definition) is 0. The number of carbonyl (C=O) groups is 1. The molecule has 1 aliphatic rings. The van der Waals surface area contributed by atoms with Gasteiger partial charge in [-0.2, -0.15) is 0 Å². The predicted octanol–water partition coefficient (Wildman–Crippen LogP) is 10.2. The van der Waals surface area contributed by atoms with E-state index in [1.54, 1.807) is 34.3 Å². The largest absolute Gasteiger partial charge is 0.496 e. The number of carbonyl (C=O) groups excluding carboxylic acids is 1. The number of pyridine rings is 1. The number of methoxy groups -OCH3 is 3. The lowest BCUT2D eigenvalue weighted by Gasteiger charge is -2.40. The molecule has 0 atom stereocenters. The number of benzene rings is 4. The Labute approximate surface area is 321 Å². The van der Waals surface area contributed by atoms with E-state index in [2.05, 4.69) is 97.0 Å². The van der Waals surface area contributed by atoms with E-state index in [1.807, 2.05) is 24.4 Å². The summed E-state index contributed by atoms with van der Waals surface area (Å²) in [5, 5.41) is 0. The highest BCUT2D eigenvalue weighted by Gasteiger charge is 2.26. The fourth-order valence-corrected chi connectivity index (χ4v) is 7.75. The highest BCUT2D eigenvalue weighted by molar-refractivity contribution is 5.99. The minimum absolute atomic E-state index is 0.0439. The molecule has 1 aliphatic heterocycles. The molecule has 1 fully saturated rings. The molecule has 0 radical (unpaired) electrons. The van der Waals surface area contributed by atoms with Crippen molar-refractivity contribution in [2.24, 2.45) is 0 Å². The summed E-state index contributed by atoms with van der Waals surface area (Å²) in [4.78, 5) is 22.4. The normalized spacial score (nSPS) is 13.4. The summed E-state index contributed by atoms with van der Waals surface area (Å²) in [6.07, 6.45) is 7.61. The van der Waals surface area contributed by atoms with E-state index < -0.39 is 0 Å². The first-order valence-electron chi connectivity index (χ1n) is 19.0. The Bertz CT molecular complexity index is 2080. The number of ketones is 1. The number of nitrogens with zero attached hydrogens (tertiary/aromatic N) is 3. The Morgan fingerprint density at radius 2 is 1.61 bits per heavy atom. The third-order valence-electron chi connectivity index (χ3n) is 10.5. The van der Waals surface area contributed by atoms with Gasteiger partial charge in [-0.1, -0.05) is 68.0 Å². The topological polar surface area (TPSA) is 64.1 Å². The predicted molar refractivity (Wildman–Crippen MR) is 221 cm³/mol. The summed E-state index contributed by atoms with van der Waals surface area (Å²) < 4.78 is 17.0. The lowest BCUT2D eigenvalue weighted by molar-refractivity contribution is 0.101. The lowest BCUT2D eigenvalue weighted by Crippen LogP contribution is -2.44. The van der Waals surface area contributed by atoms with E-state index >= 15 is 0 Å². The Hall–Kier alpha value is -5.40. The molecule has 0 spiro atoms. The molecule has 7 nitrogen and oxygen atoms in total. The number of rotatable bonds is 15. The molecule has 7 heteroatoms. The van der Waals surface area contributed by atoms with Crippen molar-refractivity contribution in [3.8, 4) is 39.6 Å². The van der Waals surface area contributed by atoms with E-state index in [-0.39, 0.29) is 5.78 Å². The summed E-state index contributed by atoms with van der Waals surface area (Å²) in [5.74, 6) is 2.02. The first-order valence-corrected chi connectivity index (χ1v) is 19.0. The molecule has 6 rings (SSSR count). The van der Waals surface area contributed by atoms with Crippen molar-refractivity contribution < 1.29 is 19.0 Å². The molecule has 1 saturated heterocycles. The standard InChI is InChI=1S/C47H53N3O4/c1-8-11-38-27-39(28-44(52-5)46(38)33(4)51)37-13-10-12-34(24-37)30-49-22-19-42(20-23-49)50(41-16-14-32(3)15-17-41)31-35-18-21-48-43(25-35)40-26-36(9-2)47(54-7)45(29-40)53-6/h9-10,12-18,21,24-29,42H,2,8,11,19-20,22-23,30-31H2,1,3-7H3. The van der Waals surface area contributed by atoms with Crippen molar-refractivity contribution in [1.29, 1.82) is 0 Å². The number of hydrogen-bond acceptors (Lipinski definition) is 7. The van der Waals surface area contributed by atoms with Crippen molar-refractivity contribution in [2.75, 3.05) is 39.3 Å². The molecule has 0 bridgehead atoms. The van der Waals surface area contributed by atoms with Crippen molar-refractivity contribution >= 4 is 17.5 Å². The first-order chi connectivity index (χ1) is 26.2. The summed E-state index contributed by atoms with van der Waals surface area (Å²) in [7, 11) is 4.94. The summed E-state index contributed by atoms with van der Waals surface area (Å²) in [6, 6.07) is 30.6. The third kappa shape index (κ3) is 8.69. The van der Waals surface area contributed by atoms with Crippen LogP contribution in [0.1, 0.15) is 71.3 Å². The number of anilines is 1. The fourth-order valence-electron chi connectivity index (χ4n) is 7.75. The van der Waals surface area contributed by atoms with Crippen LogP contribution in [-0.4, -0.2) is 56.1 Å². The number of Topliss-reactive ketones (excluding diaryl/α,β-unsaturated/α-hetero) is 1. The molecule has 0 N–H and O–H groups in total. The van der Waals surface area contributed by atoms with Gasteiger partial charge in [-0.25, -0.2) is 0 Å². The number of ether oxygens (including phenoxy) is 3. The molecule has 5 aromatic rings. The van der Waals surface area contributed by atoms with Crippen molar-refractivity contribution in [3.63, 3.8) is 0 Å². The number of aromatic nitrogens is 1. The molecule has 0 unspecified atom stereocenters. The minimum atomic E-state index is 0.0439. The van der Waals surface area contributed by atoms with E-state index in [9.17, 15) is 4.79 Å². The number of piperidine rings is 1. The SMILES string of the molecule is C=Cc1cc(-c2cc(CN(c3ccc(C)cc3)C3CCN(Cc4cccc(-c5cc(CCC)c(C(C)=O)c(OC)c5)c4)CC3)ccn2)cc(OC)c1OC. The second kappa shape index (κ2) is 17.6. The van der Waals surface area contributed by atoms with Gasteiger partial charge in [0.1, 0.15) is 5.75 Å². The molecule has 4 aromatic carbocycles. The van der Waals surface area contributed by atoms with Crippen LogP contribution in [0.5, 0.6) is 17.2 Å². The maximum atomic E-state index is 12.5. The highest BCUT2D eigenvalue weighted by atomic mass is 16.5. The van der Waals surface area contributed by atoms with Crippen molar-refractivity contribution in [2.45, 2.75) is 65.6 Å². The minimum Gasteiger partial charge on any atom is -0.496 e. The lowest BCUT2D eigenvalue weighted by atomic mass is 9.93. The van der Waals surface area contributed by atoms with Crippen LogP contribution < -0.4 is 19.1 Å². The quantitative estimate of drug-likeness (QED) is 0.0997. The Morgan fingerprint density at radius 3 is 2.28 bits per heavy atom. The third-order valence-corrected chi connectivity index (χ3v) is 10.5. The van der Waals surface area contributed by atoms with Gasteiger partial charge >= 0.3 is 0 Å². The second-order valence-electron chi connectivity index (χ2n) is 14.2. The molecule has 1 aromatic heterocycles. The number of likely N-dealkylation sites (tertiary alicyclic amines) is 1. The van der Waals surface area contributed by atoms with Crippen LogP contribution in [0, 0.1) is 6.92 Å². The van der Waals surface area contributed by atoms with Gasteiger partial charge in [0, 0.05) is 55.2 Å².